The van der Waals surface area contributed by atoms with Gasteiger partial charge in [0.15, 0.2) is 0 Å². The third-order valence-electron chi connectivity index (χ3n) is 6.14. The van der Waals surface area contributed by atoms with E-state index in [4.69, 9.17) is 0 Å². The lowest BCUT2D eigenvalue weighted by atomic mass is 9.96. The van der Waals surface area contributed by atoms with Crippen molar-refractivity contribution < 1.29 is 9.90 Å². The Hall–Kier alpha value is -3.25. The van der Waals surface area contributed by atoms with Crippen LogP contribution < -0.4 is 10.9 Å². The Balaban J connectivity index is 1.91. The Labute approximate surface area is 201 Å². The molecule has 3 aromatic rings. The molecule has 0 aliphatic carbocycles. The summed E-state index contributed by atoms with van der Waals surface area (Å²) in [4.78, 5) is 28.9. The molecule has 0 bridgehead atoms. The average molecular weight is 462 g/mol. The molecule has 1 aromatic carbocycles. The first-order chi connectivity index (χ1) is 16.2. The van der Waals surface area contributed by atoms with Crippen LogP contribution in [-0.4, -0.2) is 27.2 Å². The number of hydrogen-bond donors (Lipinski definition) is 2. The molecule has 3 rings (SSSR count). The third kappa shape index (κ3) is 6.41. The summed E-state index contributed by atoms with van der Waals surface area (Å²) >= 11 is 0. The lowest BCUT2D eigenvalue weighted by Gasteiger charge is -2.26. The van der Waals surface area contributed by atoms with Gasteiger partial charge in [-0.2, -0.15) is 0 Å². The monoisotopic (exact) mass is 461 g/mol. The molecule has 6 heteroatoms. The van der Waals surface area contributed by atoms with Crippen molar-refractivity contribution in [3.05, 3.63) is 87.5 Å². The zero-order valence-electron chi connectivity index (χ0n) is 20.7. The summed E-state index contributed by atoms with van der Waals surface area (Å²) in [5.74, 6) is -0.495. The predicted octanol–water partition coefficient (Wildman–Crippen LogP) is 5.23. The number of pyridine rings is 2. The fraction of sp³-hybridized carbons (Fsp3) is 0.393. The van der Waals surface area contributed by atoms with Crippen LogP contribution in [0, 0.1) is 26.7 Å². The fourth-order valence-corrected chi connectivity index (χ4v) is 4.51. The number of nitrogens with one attached hydrogen (secondary N) is 1. The number of hydrogen-bond acceptors (Lipinski definition) is 4. The highest BCUT2D eigenvalue weighted by Gasteiger charge is 2.21. The lowest BCUT2D eigenvalue weighted by Crippen LogP contribution is -2.35. The van der Waals surface area contributed by atoms with Crippen molar-refractivity contribution in [2.24, 2.45) is 5.92 Å². The molecular formula is C28H35N3O3. The second-order valence-corrected chi connectivity index (χ2v) is 9.53. The second-order valence-electron chi connectivity index (χ2n) is 9.53. The van der Waals surface area contributed by atoms with Crippen LogP contribution in [-0.2, 0) is 4.79 Å². The summed E-state index contributed by atoms with van der Waals surface area (Å²) in [7, 11) is 0. The molecule has 0 aliphatic heterocycles. The minimum Gasteiger partial charge on any atom is -0.481 e. The van der Waals surface area contributed by atoms with Gasteiger partial charge in [0.25, 0.3) is 5.56 Å². The molecule has 2 aromatic heterocycles. The van der Waals surface area contributed by atoms with Crippen molar-refractivity contribution >= 4 is 5.97 Å². The van der Waals surface area contributed by atoms with Gasteiger partial charge in [-0.05, 0) is 73.6 Å². The molecular weight excluding hydrogens is 426 g/mol. The largest absolute Gasteiger partial charge is 0.481 e. The molecule has 2 N–H and O–H groups in total. The van der Waals surface area contributed by atoms with Crippen LogP contribution in [0.15, 0.2) is 59.7 Å². The molecule has 180 valence electrons. The summed E-state index contributed by atoms with van der Waals surface area (Å²) in [5.41, 5.74) is 5.92. The van der Waals surface area contributed by atoms with Gasteiger partial charge in [-0.1, -0.05) is 32.0 Å². The van der Waals surface area contributed by atoms with Crippen LogP contribution >= 0.6 is 0 Å². The molecule has 0 saturated heterocycles. The summed E-state index contributed by atoms with van der Waals surface area (Å²) in [6.07, 6.45) is 4.32. The highest BCUT2D eigenvalue weighted by Crippen LogP contribution is 2.28. The number of benzene rings is 1. The van der Waals surface area contributed by atoms with Crippen molar-refractivity contribution in [2.75, 3.05) is 6.54 Å². The number of aromatic nitrogens is 2. The highest BCUT2D eigenvalue weighted by atomic mass is 16.4. The number of carboxylic acid groups (broad SMARTS) is 1. The third-order valence-corrected chi connectivity index (χ3v) is 6.14. The number of rotatable bonds is 10. The van der Waals surface area contributed by atoms with Gasteiger partial charge in [0.05, 0.1) is 12.1 Å². The molecule has 0 saturated carbocycles. The standard InChI is InChI=1S/C28H35N3O3/c1-18(2)13-23(31-12-10-19(3)14-26(31)32)17-30-24(16-27(33)34)22-9-11-29-25(15-22)28-20(4)7-6-8-21(28)5/h6-12,14-15,18,23-24,30H,13,16-17H2,1-5H3,(H,33,34). The lowest BCUT2D eigenvalue weighted by molar-refractivity contribution is -0.137. The molecule has 0 spiro atoms. The topological polar surface area (TPSA) is 84.2 Å². The summed E-state index contributed by atoms with van der Waals surface area (Å²) in [6, 6.07) is 13.1. The van der Waals surface area contributed by atoms with Crippen LogP contribution in [0.3, 0.4) is 0 Å². The van der Waals surface area contributed by atoms with E-state index in [0.29, 0.717) is 12.5 Å². The quantitative estimate of drug-likeness (QED) is 0.432. The van der Waals surface area contributed by atoms with Crippen LogP contribution in [0.4, 0.5) is 0 Å². The number of nitrogens with zero attached hydrogens (tertiary/aromatic N) is 2. The number of carboxylic acids is 1. The van der Waals surface area contributed by atoms with Gasteiger partial charge in [-0.25, -0.2) is 0 Å². The molecule has 2 heterocycles. The van der Waals surface area contributed by atoms with E-state index in [0.717, 1.165) is 39.9 Å². The SMILES string of the molecule is Cc1ccn(C(CNC(CC(=O)O)c2ccnc(-c3c(C)cccc3C)c2)CC(C)C)c(=O)c1. The summed E-state index contributed by atoms with van der Waals surface area (Å²) in [6.45, 7) is 10.8. The molecule has 6 nitrogen and oxygen atoms in total. The molecule has 34 heavy (non-hydrogen) atoms. The number of carbonyl (C=O) groups is 1. The van der Waals surface area contributed by atoms with Crippen LogP contribution in [0.25, 0.3) is 11.3 Å². The molecule has 0 amide bonds. The van der Waals surface area contributed by atoms with Crippen LogP contribution in [0.2, 0.25) is 0 Å². The van der Waals surface area contributed by atoms with E-state index in [1.54, 1.807) is 16.8 Å². The Morgan fingerprint density at radius 2 is 1.79 bits per heavy atom. The van der Waals surface area contributed by atoms with Crippen molar-refractivity contribution in [3.8, 4) is 11.3 Å². The fourth-order valence-electron chi connectivity index (χ4n) is 4.51. The second kappa shape index (κ2) is 11.3. The summed E-state index contributed by atoms with van der Waals surface area (Å²) in [5, 5.41) is 13.1. The summed E-state index contributed by atoms with van der Waals surface area (Å²) < 4.78 is 1.76. The minimum absolute atomic E-state index is 0.0385. The van der Waals surface area contributed by atoms with Gasteiger partial charge in [0, 0.05) is 42.7 Å². The number of aliphatic carboxylic acids is 1. The zero-order valence-corrected chi connectivity index (χ0v) is 20.7. The van der Waals surface area contributed by atoms with E-state index in [2.05, 4.69) is 50.1 Å². The maximum atomic E-state index is 12.7. The van der Waals surface area contributed by atoms with E-state index in [-0.39, 0.29) is 18.0 Å². The van der Waals surface area contributed by atoms with E-state index >= 15 is 0 Å². The maximum Gasteiger partial charge on any atom is 0.305 e. The van der Waals surface area contributed by atoms with Crippen molar-refractivity contribution in [1.29, 1.82) is 0 Å². The zero-order chi connectivity index (χ0) is 24.8. The van der Waals surface area contributed by atoms with Gasteiger partial charge >= 0.3 is 5.97 Å². The first-order valence-electron chi connectivity index (χ1n) is 11.8. The maximum absolute atomic E-state index is 12.7. The smallest absolute Gasteiger partial charge is 0.305 e. The number of aryl methyl sites for hydroxylation is 3. The van der Waals surface area contributed by atoms with E-state index in [9.17, 15) is 14.7 Å². The molecule has 2 atom stereocenters. The van der Waals surface area contributed by atoms with Gasteiger partial charge in [-0.15, -0.1) is 0 Å². The normalized spacial score (nSPS) is 13.1. The van der Waals surface area contributed by atoms with Crippen molar-refractivity contribution in [3.63, 3.8) is 0 Å². The van der Waals surface area contributed by atoms with Crippen LogP contribution in [0.1, 0.15) is 61.0 Å². The van der Waals surface area contributed by atoms with Gasteiger partial charge in [0.2, 0.25) is 0 Å². The first-order valence-corrected chi connectivity index (χ1v) is 11.8. The Morgan fingerprint density at radius 1 is 1.09 bits per heavy atom. The Morgan fingerprint density at radius 3 is 2.41 bits per heavy atom. The van der Waals surface area contributed by atoms with E-state index in [1.807, 2.05) is 37.4 Å². The first kappa shape index (κ1) is 25.4. The van der Waals surface area contributed by atoms with E-state index in [1.165, 1.54) is 0 Å². The van der Waals surface area contributed by atoms with Gasteiger partial charge in [-0.3, -0.25) is 14.6 Å². The average Bonchev–Trinajstić information content (AvgIpc) is 2.75. The molecule has 2 unspecified atom stereocenters. The molecule has 0 fully saturated rings. The van der Waals surface area contributed by atoms with Crippen molar-refractivity contribution in [1.82, 2.24) is 14.9 Å². The van der Waals surface area contributed by atoms with Gasteiger partial charge in [0.1, 0.15) is 0 Å². The van der Waals surface area contributed by atoms with Crippen molar-refractivity contribution in [2.45, 2.75) is 59.5 Å². The Bertz CT molecular complexity index is 1180. The van der Waals surface area contributed by atoms with Gasteiger partial charge < -0.3 is 15.0 Å². The van der Waals surface area contributed by atoms with Crippen LogP contribution in [0.5, 0.6) is 0 Å². The minimum atomic E-state index is -0.879. The predicted molar refractivity (Wildman–Crippen MR) is 136 cm³/mol. The molecule has 0 radical (unpaired) electrons. The molecule has 0 aliphatic rings. The van der Waals surface area contributed by atoms with E-state index < -0.39 is 12.0 Å². The Kier molecular flexibility index (Phi) is 8.40. The highest BCUT2D eigenvalue weighted by molar-refractivity contribution is 5.70.